The van der Waals surface area contributed by atoms with Crippen molar-refractivity contribution in [3.05, 3.63) is 198 Å². The highest BCUT2D eigenvalue weighted by atomic mass is 15.2. The molecule has 0 bridgehead atoms. The average Bonchev–Trinajstić information content (AvgIpc) is 3.30. The van der Waals surface area contributed by atoms with Crippen LogP contribution in [0.25, 0.3) is 33.4 Å². The molecule has 0 atom stereocenters. The van der Waals surface area contributed by atoms with Crippen molar-refractivity contribution in [2.75, 3.05) is 9.80 Å². The van der Waals surface area contributed by atoms with Gasteiger partial charge >= 0.3 is 0 Å². The van der Waals surface area contributed by atoms with Gasteiger partial charge in [0.15, 0.2) is 0 Å². The largest absolute Gasteiger partial charge is 0.311 e. The van der Waals surface area contributed by atoms with Crippen molar-refractivity contribution in [1.82, 2.24) is 0 Å². The standard InChI is InChI=1S/C64H65BN2/c1-61(2,3)45-36-46(62(4,5)6)39-49(38-45)66-55-32-21-19-30-53(55)65-54-31-20-22-33-56(54)67(50-40-47(63(7,8)9)37-48(41-50)64(10,11)12)58-35-44(34-57(66)60(58)65)59-51(42-24-15-13-16-25-42)28-23-29-52(59)43-26-17-14-18-27-43/h13-41H,1-12H3/i19D,20D. The Morgan fingerprint density at radius 3 is 1.09 bits per heavy atom. The molecule has 334 valence electrons. The maximum atomic E-state index is 9.21. The summed E-state index contributed by atoms with van der Waals surface area (Å²) in [6.45, 7) is 27.5. The Labute approximate surface area is 404 Å². The zero-order valence-corrected chi connectivity index (χ0v) is 41.6. The van der Waals surface area contributed by atoms with E-state index < -0.39 is 0 Å². The maximum Gasteiger partial charge on any atom is 0.252 e. The third-order valence-electron chi connectivity index (χ3n) is 14.1. The van der Waals surface area contributed by atoms with Gasteiger partial charge in [-0.25, -0.2) is 0 Å². The summed E-state index contributed by atoms with van der Waals surface area (Å²) in [5.41, 5.74) is 21.4. The molecule has 0 aromatic heterocycles. The summed E-state index contributed by atoms with van der Waals surface area (Å²) in [6.07, 6.45) is 0. The van der Waals surface area contributed by atoms with Crippen LogP contribution < -0.4 is 26.2 Å². The number of benzene rings is 8. The SMILES string of the molecule is [2H]c1ccc2c(c1)B1c3cc([2H])ccc3N(c3cc(C(C)(C)C)cc(C(C)(C)C)c3)c3cc(-c4c(-c5ccccc5)cccc4-c4ccccc4)cc(c31)N2c1cc(C(C)(C)C)cc(C(C)(C)C)c1. The van der Waals surface area contributed by atoms with Gasteiger partial charge in [-0.05, 0) is 142 Å². The summed E-state index contributed by atoms with van der Waals surface area (Å²) in [5.74, 6) is 0. The number of rotatable bonds is 5. The van der Waals surface area contributed by atoms with E-state index in [1.165, 1.54) is 44.4 Å². The Bertz CT molecular complexity index is 3010. The van der Waals surface area contributed by atoms with E-state index >= 15 is 0 Å². The molecule has 0 spiro atoms. The summed E-state index contributed by atoms with van der Waals surface area (Å²) in [4.78, 5) is 5.01. The average molecular weight is 875 g/mol. The van der Waals surface area contributed by atoms with Crippen LogP contribution in [0.15, 0.2) is 176 Å². The van der Waals surface area contributed by atoms with E-state index in [1.54, 1.807) is 0 Å². The Balaban J connectivity index is 1.41. The number of para-hydroxylation sites is 2. The molecule has 0 saturated heterocycles. The van der Waals surface area contributed by atoms with Crippen molar-refractivity contribution < 1.29 is 2.74 Å². The number of hydrogen-bond acceptors (Lipinski definition) is 2. The van der Waals surface area contributed by atoms with Crippen molar-refractivity contribution >= 4 is 57.2 Å². The highest BCUT2D eigenvalue weighted by Crippen LogP contribution is 2.50. The Morgan fingerprint density at radius 2 is 0.731 bits per heavy atom. The van der Waals surface area contributed by atoms with Crippen LogP contribution in [-0.4, -0.2) is 6.71 Å². The van der Waals surface area contributed by atoms with Crippen LogP contribution in [0, 0.1) is 0 Å². The topological polar surface area (TPSA) is 6.48 Å². The molecule has 2 aliphatic heterocycles. The molecule has 67 heavy (non-hydrogen) atoms. The van der Waals surface area contributed by atoms with E-state index in [9.17, 15) is 2.74 Å². The predicted molar refractivity (Wildman–Crippen MR) is 292 cm³/mol. The van der Waals surface area contributed by atoms with Crippen molar-refractivity contribution in [3.63, 3.8) is 0 Å². The Hall–Kier alpha value is -6.58. The quantitative estimate of drug-likeness (QED) is 0.159. The number of fused-ring (bicyclic) bond motifs is 4. The van der Waals surface area contributed by atoms with Crippen LogP contribution in [0.1, 0.15) is 108 Å². The summed E-state index contributed by atoms with van der Waals surface area (Å²) in [5, 5.41) is 0. The zero-order chi connectivity index (χ0) is 48.9. The molecular weight excluding hydrogens is 808 g/mol. The summed E-state index contributed by atoms with van der Waals surface area (Å²) < 4.78 is 18.4. The monoisotopic (exact) mass is 875 g/mol. The maximum absolute atomic E-state index is 9.21. The molecule has 2 aliphatic rings. The van der Waals surface area contributed by atoms with E-state index in [0.29, 0.717) is 12.1 Å². The van der Waals surface area contributed by atoms with Gasteiger partial charge in [-0.15, -0.1) is 0 Å². The first kappa shape index (κ1) is 41.8. The van der Waals surface area contributed by atoms with Crippen LogP contribution in [0.4, 0.5) is 34.1 Å². The second-order valence-electron chi connectivity index (χ2n) is 23.0. The molecule has 10 rings (SSSR count). The minimum atomic E-state index is -0.240. The molecule has 0 unspecified atom stereocenters. The van der Waals surface area contributed by atoms with Gasteiger partial charge in [0.2, 0.25) is 0 Å². The van der Waals surface area contributed by atoms with Gasteiger partial charge in [-0.1, -0.05) is 210 Å². The van der Waals surface area contributed by atoms with Crippen molar-refractivity contribution in [2.45, 2.75) is 105 Å². The highest BCUT2D eigenvalue weighted by Gasteiger charge is 2.44. The van der Waals surface area contributed by atoms with Gasteiger partial charge in [0.25, 0.3) is 6.71 Å². The molecule has 8 aromatic rings. The lowest BCUT2D eigenvalue weighted by atomic mass is 9.33. The first-order chi connectivity index (χ1) is 32.6. The Morgan fingerprint density at radius 1 is 0.358 bits per heavy atom. The fourth-order valence-corrected chi connectivity index (χ4v) is 10.3. The van der Waals surface area contributed by atoms with Crippen LogP contribution >= 0.6 is 0 Å². The second-order valence-corrected chi connectivity index (χ2v) is 23.0. The van der Waals surface area contributed by atoms with Crippen LogP contribution in [0.3, 0.4) is 0 Å². The molecule has 2 nitrogen and oxygen atoms in total. The smallest absolute Gasteiger partial charge is 0.252 e. The third-order valence-corrected chi connectivity index (χ3v) is 14.1. The Kier molecular flexibility index (Phi) is 10.0. The lowest BCUT2D eigenvalue weighted by molar-refractivity contribution is 0.568. The molecule has 0 radical (unpaired) electrons. The molecule has 2 heterocycles. The molecule has 0 amide bonds. The van der Waals surface area contributed by atoms with Gasteiger partial charge in [0.05, 0.1) is 2.74 Å². The molecule has 0 N–H and O–H groups in total. The van der Waals surface area contributed by atoms with Gasteiger partial charge in [0.1, 0.15) is 0 Å². The van der Waals surface area contributed by atoms with E-state index in [1.807, 2.05) is 12.1 Å². The summed E-state index contributed by atoms with van der Waals surface area (Å²) in [6, 6.07) is 61.1. The van der Waals surface area contributed by atoms with Crippen LogP contribution in [0.5, 0.6) is 0 Å². The third kappa shape index (κ3) is 7.91. The van der Waals surface area contributed by atoms with Crippen LogP contribution in [-0.2, 0) is 21.7 Å². The molecule has 8 aromatic carbocycles. The highest BCUT2D eigenvalue weighted by molar-refractivity contribution is 7.00. The molecule has 0 fully saturated rings. The minimum Gasteiger partial charge on any atom is -0.311 e. The first-order valence-electron chi connectivity index (χ1n) is 25.1. The lowest BCUT2D eigenvalue weighted by Crippen LogP contribution is -2.61. The van der Waals surface area contributed by atoms with Gasteiger partial charge in [-0.2, -0.15) is 0 Å². The van der Waals surface area contributed by atoms with Gasteiger partial charge < -0.3 is 9.80 Å². The summed E-state index contributed by atoms with van der Waals surface area (Å²) in [7, 11) is 0. The fraction of sp³-hybridized carbons (Fsp3) is 0.250. The van der Waals surface area contributed by atoms with E-state index in [-0.39, 0.29) is 28.4 Å². The molecule has 3 heteroatoms. The molecular formula is C64H65BN2. The van der Waals surface area contributed by atoms with Crippen molar-refractivity contribution in [1.29, 1.82) is 0 Å². The van der Waals surface area contributed by atoms with Gasteiger partial charge in [-0.3, -0.25) is 0 Å². The first-order valence-corrected chi connectivity index (χ1v) is 24.1. The number of nitrogens with zero attached hydrogens (tertiary/aromatic N) is 2. The number of hydrogen-bond donors (Lipinski definition) is 0. The van der Waals surface area contributed by atoms with Crippen LogP contribution in [0.2, 0.25) is 0 Å². The lowest BCUT2D eigenvalue weighted by Gasteiger charge is -2.45. The predicted octanol–water partition coefficient (Wildman–Crippen LogP) is 16.0. The van der Waals surface area contributed by atoms with Gasteiger partial charge in [0, 0.05) is 34.1 Å². The number of anilines is 6. The normalized spacial score (nSPS) is 14.0. The minimum absolute atomic E-state index is 0.119. The van der Waals surface area contributed by atoms with E-state index in [0.717, 1.165) is 61.7 Å². The van der Waals surface area contributed by atoms with Crippen molar-refractivity contribution in [2.24, 2.45) is 0 Å². The zero-order valence-electron chi connectivity index (χ0n) is 43.6. The second kappa shape index (κ2) is 16.0. The summed E-state index contributed by atoms with van der Waals surface area (Å²) >= 11 is 0. The molecule has 0 aliphatic carbocycles. The molecule has 0 saturated carbocycles. The van der Waals surface area contributed by atoms with E-state index in [4.69, 9.17) is 0 Å². The van der Waals surface area contributed by atoms with Crippen molar-refractivity contribution in [3.8, 4) is 33.4 Å². The van der Waals surface area contributed by atoms with E-state index in [2.05, 4.69) is 245 Å². The fourth-order valence-electron chi connectivity index (χ4n) is 10.3.